The van der Waals surface area contributed by atoms with Crippen LogP contribution in [-0.4, -0.2) is 43.1 Å². The van der Waals surface area contributed by atoms with E-state index < -0.39 is 0 Å². The van der Waals surface area contributed by atoms with Crippen molar-refractivity contribution in [2.24, 2.45) is 5.92 Å². The van der Waals surface area contributed by atoms with Crippen LogP contribution in [0.5, 0.6) is 0 Å². The van der Waals surface area contributed by atoms with Gasteiger partial charge in [-0.3, -0.25) is 4.79 Å². The third kappa shape index (κ3) is 6.47. The van der Waals surface area contributed by atoms with Gasteiger partial charge >= 0.3 is 0 Å². The number of hydrogen-bond donors (Lipinski definition) is 0. The highest BCUT2D eigenvalue weighted by Gasteiger charge is 2.21. The molecule has 0 saturated heterocycles. The van der Waals surface area contributed by atoms with Gasteiger partial charge in [-0.1, -0.05) is 32.9 Å². The van der Waals surface area contributed by atoms with Crippen LogP contribution in [0.4, 0.5) is 5.69 Å². The van der Waals surface area contributed by atoms with Gasteiger partial charge < -0.3 is 9.38 Å². The molecule has 0 N–H and O–H groups in total. The Kier molecular flexibility index (Phi) is 9.20. The molecule has 0 aliphatic carbocycles. The molecule has 25 heavy (non-hydrogen) atoms. The molecule has 0 spiro atoms. The Hall–Kier alpha value is -1.35. The van der Waals surface area contributed by atoms with E-state index in [1.165, 1.54) is 25.2 Å². The van der Waals surface area contributed by atoms with Crippen LogP contribution >= 0.6 is 0 Å². The van der Waals surface area contributed by atoms with Crippen molar-refractivity contribution >= 4 is 11.6 Å². The van der Waals surface area contributed by atoms with Gasteiger partial charge in [-0.25, -0.2) is 0 Å². The van der Waals surface area contributed by atoms with Gasteiger partial charge in [-0.15, -0.1) is 0 Å². The molecule has 0 fully saturated rings. The van der Waals surface area contributed by atoms with Crippen molar-refractivity contribution in [1.82, 2.24) is 0 Å². The van der Waals surface area contributed by atoms with E-state index in [0.717, 1.165) is 36.1 Å². The fourth-order valence-electron chi connectivity index (χ4n) is 3.58. The van der Waals surface area contributed by atoms with Gasteiger partial charge in [-0.2, -0.15) is 0 Å². The number of carbonyl (C=O) groups is 1. The first kappa shape index (κ1) is 21.7. The predicted molar refractivity (Wildman–Crippen MR) is 109 cm³/mol. The first-order valence-electron chi connectivity index (χ1n) is 10.2. The van der Waals surface area contributed by atoms with Crippen molar-refractivity contribution in [2.45, 2.75) is 60.8 Å². The minimum absolute atomic E-state index is 0.221. The molecule has 142 valence electrons. The van der Waals surface area contributed by atoms with E-state index in [-0.39, 0.29) is 5.91 Å². The second-order valence-corrected chi connectivity index (χ2v) is 7.53. The van der Waals surface area contributed by atoms with E-state index in [2.05, 4.69) is 58.9 Å². The summed E-state index contributed by atoms with van der Waals surface area (Å²) in [6.07, 6.45) is 2.70. The highest BCUT2D eigenvalue weighted by atomic mass is 16.2. The number of carbonyl (C=O) groups excluding carboxylic acids is 1. The fourth-order valence-corrected chi connectivity index (χ4v) is 3.58. The minimum atomic E-state index is 0.221. The SMILES string of the molecule is CCC(=O)N(CCC[N+](CC)(CC)CC)c1ccc(CC(C)C)cc1. The van der Waals surface area contributed by atoms with Gasteiger partial charge in [0.15, 0.2) is 0 Å². The van der Waals surface area contributed by atoms with E-state index in [1.54, 1.807) is 0 Å². The Balaban J connectivity index is 2.79. The van der Waals surface area contributed by atoms with Gasteiger partial charge in [-0.05, 0) is 50.8 Å². The Morgan fingerprint density at radius 2 is 1.56 bits per heavy atom. The second-order valence-electron chi connectivity index (χ2n) is 7.53. The molecule has 1 aromatic carbocycles. The van der Waals surface area contributed by atoms with Gasteiger partial charge in [0.25, 0.3) is 0 Å². The number of amides is 1. The molecule has 0 radical (unpaired) electrons. The monoisotopic (exact) mass is 347 g/mol. The summed E-state index contributed by atoms with van der Waals surface area (Å²) in [7, 11) is 0. The molecule has 0 heterocycles. The van der Waals surface area contributed by atoms with Crippen LogP contribution < -0.4 is 4.90 Å². The molecule has 3 heteroatoms. The topological polar surface area (TPSA) is 20.3 Å². The highest BCUT2D eigenvalue weighted by Crippen LogP contribution is 2.19. The van der Waals surface area contributed by atoms with Crippen molar-refractivity contribution in [2.75, 3.05) is 37.6 Å². The standard InChI is InChI=1S/C22H39N2O/c1-7-22(25)23(16-11-17-24(8-2,9-3)10-4)21-14-12-20(13-15-21)18-19(5)6/h12-15,19H,7-11,16-18H2,1-6H3/q+1. The Labute approximate surface area is 155 Å². The summed E-state index contributed by atoms with van der Waals surface area (Å²) in [6, 6.07) is 8.59. The van der Waals surface area contributed by atoms with E-state index in [1.807, 2.05) is 11.8 Å². The number of benzene rings is 1. The van der Waals surface area contributed by atoms with Crippen LogP contribution in [0.1, 0.15) is 59.9 Å². The summed E-state index contributed by atoms with van der Waals surface area (Å²) < 4.78 is 1.14. The Morgan fingerprint density at radius 1 is 1.00 bits per heavy atom. The maximum absolute atomic E-state index is 12.5. The molecule has 1 amide bonds. The lowest BCUT2D eigenvalue weighted by atomic mass is 10.0. The van der Waals surface area contributed by atoms with E-state index in [4.69, 9.17) is 0 Å². The first-order chi connectivity index (χ1) is 11.9. The molecule has 1 aromatic rings. The Morgan fingerprint density at radius 3 is 2.00 bits per heavy atom. The zero-order valence-electron chi connectivity index (χ0n) is 17.3. The van der Waals surface area contributed by atoms with Crippen LogP contribution in [-0.2, 0) is 11.2 Å². The van der Waals surface area contributed by atoms with Crippen molar-refractivity contribution in [3.05, 3.63) is 29.8 Å². The van der Waals surface area contributed by atoms with Gasteiger partial charge in [0, 0.05) is 25.1 Å². The van der Waals surface area contributed by atoms with Gasteiger partial charge in [0.1, 0.15) is 0 Å². The molecule has 0 atom stereocenters. The van der Waals surface area contributed by atoms with Crippen LogP contribution in [0.25, 0.3) is 0 Å². The van der Waals surface area contributed by atoms with Crippen LogP contribution in [0.15, 0.2) is 24.3 Å². The zero-order chi connectivity index (χ0) is 18.9. The van der Waals surface area contributed by atoms with Crippen molar-refractivity contribution in [3.8, 4) is 0 Å². The summed E-state index contributed by atoms with van der Waals surface area (Å²) in [5.74, 6) is 0.876. The van der Waals surface area contributed by atoms with Crippen molar-refractivity contribution < 1.29 is 9.28 Å². The molecule has 1 rings (SSSR count). The van der Waals surface area contributed by atoms with Gasteiger partial charge in [0.2, 0.25) is 5.91 Å². The largest absolute Gasteiger partial charge is 0.324 e. The number of quaternary nitrogens is 1. The Bertz CT molecular complexity index is 495. The summed E-state index contributed by atoms with van der Waals surface area (Å²) in [5, 5.41) is 0. The number of rotatable bonds is 11. The maximum Gasteiger partial charge on any atom is 0.226 e. The smallest absolute Gasteiger partial charge is 0.226 e. The number of nitrogens with zero attached hydrogens (tertiary/aromatic N) is 2. The van der Waals surface area contributed by atoms with E-state index in [9.17, 15) is 4.79 Å². The first-order valence-corrected chi connectivity index (χ1v) is 10.2. The molecule has 0 bridgehead atoms. The van der Waals surface area contributed by atoms with E-state index >= 15 is 0 Å². The van der Waals surface area contributed by atoms with Crippen molar-refractivity contribution in [3.63, 3.8) is 0 Å². The lowest BCUT2D eigenvalue weighted by Gasteiger charge is -2.36. The normalized spacial score (nSPS) is 11.8. The molecule has 0 aromatic heterocycles. The fraction of sp³-hybridized carbons (Fsp3) is 0.682. The lowest BCUT2D eigenvalue weighted by Crippen LogP contribution is -2.49. The quantitative estimate of drug-likeness (QED) is 0.522. The van der Waals surface area contributed by atoms with Crippen LogP contribution in [0.2, 0.25) is 0 Å². The predicted octanol–water partition coefficient (Wildman–Crippen LogP) is 4.89. The van der Waals surface area contributed by atoms with Crippen LogP contribution in [0.3, 0.4) is 0 Å². The summed E-state index contributed by atoms with van der Waals surface area (Å²) >= 11 is 0. The molecule has 3 nitrogen and oxygen atoms in total. The highest BCUT2D eigenvalue weighted by molar-refractivity contribution is 5.93. The van der Waals surface area contributed by atoms with Crippen LogP contribution in [0, 0.1) is 5.92 Å². The molecule has 0 unspecified atom stereocenters. The zero-order valence-corrected chi connectivity index (χ0v) is 17.3. The number of anilines is 1. The lowest BCUT2D eigenvalue weighted by molar-refractivity contribution is -0.923. The minimum Gasteiger partial charge on any atom is -0.324 e. The number of hydrogen-bond acceptors (Lipinski definition) is 1. The average molecular weight is 348 g/mol. The third-order valence-electron chi connectivity index (χ3n) is 5.52. The second kappa shape index (κ2) is 10.6. The summed E-state index contributed by atoms with van der Waals surface area (Å²) in [4.78, 5) is 14.4. The molecular weight excluding hydrogens is 308 g/mol. The van der Waals surface area contributed by atoms with E-state index in [0.29, 0.717) is 12.3 Å². The van der Waals surface area contributed by atoms with Gasteiger partial charge in [0.05, 0.1) is 26.2 Å². The average Bonchev–Trinajstić information content (AvgIpc) is 2.62. The third-order valence-corrected chi connectivity index (χ3v) is 5.52. The molecular formula is C22H39N2O+. The maximum atomic E-state index is 12.5. The summed E-state index contributed by atoms with van der Waals surface area (Å²) in [6.45, 7) is 18.7. The summed E-state index contributed by atoms with van der Waals surface area (Å²) in [5.41, 5.74) is 2.39. The molecule has 0 saturated carbocycles. The molecule has 0 aliphatic rings. The van der Waals surface area contributed by atoms with Crippen molar-refractivity contribution in [1.29, 1.82) is 0 Å². The molecule has 0 aliphatic heterocycles.